The smallest absolute Gasteiger partial charge is 0.335 e. The zero-order chi connectivity index (χ0) is 17.3. The summed E-state index contributed by atoms with van der Waals surface area (Å²) in [6.45, 7) is 2.05. The van der Waals surface area contributed by atoms with Crippen LogP contribution in [0.2, 0.25) is 0 Å². The number of carboxylic acid groups (broad SMARTS) is 1. The first-order valence-electron chi connectivity index (χ1n) is 7.28. The molecule has 0 unspecified atom stereocenters. The van der Waals surface area contributed by atoms with Crippen molar-refractivity contribution in [3.63, 3.8) is 0 Å². The number of para-hydroxylation sites is 1. The van der Waals surface area contributed by atoms with Crippen LogP contribution in [-0.4, -0.2) is 24.5 Å². The van der Waals surface area contributed by atoms with Crippen molar-refractivity contribution in [1.82, 2.24) is 9.71 Å². The van der Waals surface area contributed by atoms with Gasteiger partial charge in [0.05, 0.1) is 10.5 Å². The third-order valence-electron chi connectivity index (χ3n) is 3.88. The van der Waals surface area contributed by atoms with Crippen molar-refractivity contribution in [2.75, 3.05) is 0 Å². The SMILES string of the molecule is Cc1[nH]c2ccccc2c1CNS(=O)(=O)c1ccc(C(=O)O)cc1. The topological polar surface area (TPSA) is 99.3 Å². The standard InChI is InChI=1S/C17H16N2O4S/c1-11-15(14-4-2-3-5-16(14)19-11)10-18-24(22,23)13-8-6-12(7-9-13)17(20)21/h2-9,18-19H,10H2,1H3,(H,20,21). The second-order valence-corrected chi connectivity index (χ2v) is 7.20. The lowest BCUT2D eigenvalue weighted by Gasteiger charge is -2.07. The third-order valence-corrected chi connectivity index (χ3v) is 5.29. The highest BCUT2D eigenvalue weighted by Gasteiger charge is 2.16. The van der Waals surface area contributed by atoms with E-state index in [4.69, 9.17) is 5.11 Å². The van der Waals surface area contributed by atoms with Crippen LogP contribution in [0.4, 0.5) is 0 Å². The molecule has 124 valence electrons. The molecule has 7 heteroatoms. The maximum absolute atomic E-state index is 12.4. The molecule has 0 bridgehead atoms. The number of hydrogen-bond acceptors (Lipinski definition) is 3. The van der Waals surface area contributed by atoms with Gasteiger partial charge in [0.2, 0.25) is 10.0 Å². The van der Waals surface area contributed by atoms with Crippen LogP contribution < -0.4 is 4.72 Å². The molecule has 2 aromatic carbocycles. The molecular formula is C17H16N2O4S. The first-order valence-corrected chi connectivity index (χ1v) is 8.76. The Morgan fingerprint density at radius 2 is 1.79 bits per heavy atom. The van der Waals surface area contributed by atoms with Gasteiger partial charge in [0, 0.05) is 23.1 Å². The summed E-state index contributed by atoms with van der Waals surface area (Å²) in [6, 6.07) is 12.8. The van der Waals surface area contributed by atoms with Gasteiger partial charge in [-0.2, -0.15) is 0 Å². The Labute approximate surface area is 139 Å². The van der Waals surface area contributed by atoms with E-state index in [1.54, 1.807) is 0 Å². The third kappa shape index (κ3) is 3.04. The Hall–Kier alpha value is -2.64. The van der Waals surface area contributed by atoms with E-state index in [1.165, 1.54) is 24.3 Å². The number of rotatable bonds is 5. The number of carbonyl (C=O) groups is 1. The number of hydrogen-bond donors (Lipinski definition) is 3. The molecule has 0 fully saturated rings. The predicted molar refractivity (Wildman–Crippen MR) is 90.5 cm³/mol. The molecule has 1 heterocycles. The molecule has 0 spiro atoms. The fourth-order valence-electron chi connectivity index (χ4n) is 2.59. The second-order valence-electron chi connectivity index (χ2n) is 5.43. The quantitative estimate of drug-likeness (QED) is 0.662. The molecule has 0 aliphatic heterocycles. The number of fused-ring (bicyclic) bond motifs is 1. The van der Waals surface area contributed by atoms with Gasteiger partial charge in [-0.3, -0.25) is 0 Å². The number of aromatic amines is 1. The van der Waals surface area contributed by atoms with Crippen molar-refractivity contribution in [1.29, 1.82) is 0 Å². The lowest BCUT2D eigenvalue weighted by Crippen LogP contribution is -2.23. The van der Waals surface area contributed by atoms with Gasteiger partial charge < -0.3 is 10.1 Å². The van der Waals surface area contributed by atoms with Crippen LogP contribution in [0, 0.1) is 6.92 Å². The number of sulfonamides is 1. The molecule has 3 N–H and O–H groups in total. The van der Waals surface area contributed by atoms with E-state index < -0.39 is 16.0 Å². The summed E-state index contributed by atoms with van der Waals surface area (Å²) in [5.74, 6) is -1.10. The molecule has 0 amide bonds. The van der Waals surface area contributed by atoms with Gasteiger partial charge in [-0.05, 0) is 42.8 Å². The minimum absolute atomic E-state index is 0.0324. The van der Waals surface area contributed by atoms with Gasteiger partial charge in [0.15, 0.2) is 0 Å². The summed E-state index contributed by atoms with van der Waals surface area (Å²) in [4.78, 5) is 14.1. The largest absolute Gasteiger partial charge is 0.478 e. The second kappa shape index (κ2) is 6.10. The van der Waals surface area contributed by atoms with E-state index >= 15 is 0 Å². The number of aryl methyl sites for hydroxylation is 1. The van der Waals surface area contributed by atoms with Crippen molar-refractivity contribution in [2.45, 2.75) is 18.4 Å². The Morgan fingerprint density at radius 3 is 2.46 bits per heavy atom. The van der Waals surface area contributed by atoms with Crippen LogP contribution in [0.1, 0.15) is 21.6 Å². The molecule has 0 aliphatic rings. The van der Waals surface area contributed by atoms with Crippen molar-refractivity contribution in [3.8, 4) is 0 Å². The number of H-pyrrole nitrogens is 1. The monoisotopic (exact) mass is 344 g/mol. The maximum atomic E-state index is 12.4. The summed E-state index contributed by atoms with van der Waals surface area (Å²) in [7, 11) is -3.72. The predicted octanol–water partition coefficient (Wildman–Crippen LogP) is 2.65. The molecule has 6 nitrogen and oxygen atoms in total. The maximum Gasteiger partial charge on any atom is 0.335 e. The van der Waals surface area contributed by atoms with Crippen LogP contribution in [-0.2, 0) is 16.6 Å². The summed E-state index contributed by atoms with van der Waals surface area (Å²) in [6.07, 6.45) is 0. The average Bonchev–Trinajstić information content (AvgIpc) is 2.88. The van der Waals surface area contributed by atoms with E-state index in [-0.39, 0.29) is 17.0 Å². The van der Waals surface area contributed by atoms with Gasteiger partial charge in [0.1, 0.15) is 0 Å². The van der Waals surface area contributed by atoms with Crippen molar-refractivity contribution in [2.24, 2.45) is 0 Å². The highest BCUT2D eigenvalue weighted by Crippen LogP contribution is 2.22. The molecule has 0 aliphatic carbocycles. The van der Waals surface area contributed by atoms with E-state index in [2.05, 4.69) is 9.71 Å². The zero-order valence-corrected chi connectivity index (χ0v) is 13.7. The van der Waals surface area contributed by atoms with Crippen LogP contribution >= 0.6 is 0 Å². The van der Waals surface area contributed by atoms with Crippen LogP contribution in [0.3, 0.4) is 0 Å². The highest BCUT2D eigenvalue weighted by atomic mass is 32.2. The zero-order valence-electron chi connectivity index (χ0n) is 12.9. The van der Waals surface area contributed by atoms with Crippen molar-refractivity contribution < 1.29 is 18.3 Å². The summed E-state index contributed by atoms with van der Waals surface area (Å²) in [5, 5.41) is 9.84. The molecule has 0 saturated heterocycles. The van der Waals surface area contributed by atoms with E-state index in [9.17, 15) is 13.2 Å². The average molecular weight is 344 g/mol. The van der Waals surface area contributed by atoms with E-state index in [0.717, 1.165) is 22.2 Å². The lowest BCUT2D eigenvalue weighted by molar-refractivity contribution is 0.0696. The van der Waals surface area contributed by atoms with Crippen molar-refractivity contribution >= 4 is 26.9 Å². The molecule has 24 heavy (non-hydrogen) atoms. The number of aromatic carboxylic acids is 1. The minimum atomic E-state index is -3.72. The first kappa shape index (κ1) is 16.2. The van der Waals surface area contributed by atoms with Crippen LogP contribution in [0.15, 0.2) is 53.4 Å². The normalized spacial score (nSPS) is 11.7. The molecular weight excluding hydrogens is 328 g/mol. The molecule has 1 aromatic heterocycles. The molecule has 0 radical (unpaired) electrons. The van der Waals surface area contributed by atoms with E-state index in [0.29, 0.717) is 0 Å². The lowest BCUT2D eigenvalue weighted by atomic mass is 10.1. The van der Waals surface area contributed by atoms with Crippen LogP contribution in [0.5, 0.6) is 0 Å². The highest BCUT2D eigenvalue weighted by molar-refractivity contribution is 7.89. The Kier molecular flexibility index (Phi) is 4.13. The fraction of sp³-hybridized carbons (Fsp3) is 0.118. The number of nitrogens with one attached hydrogen (secondary N) is 2. The van der Waals surface area contributed by atoms with Gasteiger partial charge >= 0.3 is 5.97 Å². The molecule has 3 aromatic rings. The number of aromatic nitrogens is 1. The fourth-order valence-corrected chi connectivity index (χ4v) is 3.59. The molecule has 0 saturated carbocycles. The first-order chi connectivity index (χ1) is 11.4. The Morgan fingerprint density at radius 1 is 1.12 bits per heavy atom. The minimum Gasteiger partial charge on any atom is -0.478 e. The van der Waals surface area contributed by atoms with Gasteiger partial charge in [-0.15, -0.1) is 0 Å². The number of benzene rings is 2. The van der Waals surface area contributed by atoms with Gasteiger partial charge in [0.25, 0.3) is 0 Å². The van der Waals surface area contributed by atoms with Gasteiger partial charge in [-0.25, -0.2) is 17.9 Å². The Bertz CT molecular complexity index is 1000. The number of carboxylic acids is 1. The van der Waals surface area contributed by atoms with Gasteiger partial charge in [-0.1, -0.05) is 18.2 Å². The summed E-state index contributed by atoms with van der Waals surface area (Å²) >= 11 is 0. The summed E-state index contributed by atoms with van der Waals surface area (Å²) in [5.41, 5.74) is 2.79. The van der Waals surface area contributed by atoms with E-state index in [1.807, 2.05) is 31.2 Å². The molecule has 0 atom stereocenters. The Balaban J connectivity index is 1.84. The summed E-state index contributed by atoms with van der Waals surface area (Å²) < 4.78 is 27.3. The molecule has 3 rings (SSSR count). The van der Waals surface area contributed by atoms with Crippen LogP contribution in [0.25, 0.3) is 10.9 Å². The van der Waals surface area contributed by atoms with Crippen molar-refractivity contribution in [3.05, 3.63) is 65.4 Å².